The van der Waals surface area contributed by atoms with E-state index in [1.165, 1.54) is 12.3 Å². The molecule has 0 radical (unpaired) electrons. The van der Waals surface area contributed by atoms with Gasteiger partial charge in [-0.25, -0.2) is 0 Å². The smallest absolute Gasteiger partial charge is 0.254 e. The first kappa shape index (κ1) is 17.8. The Labute approximate surface area is 128 Å². The number of hydrogen-bond donors (Lipinski definition) is 0. The highest BCUT2D eigenvalue weighted by molar-refractivity contribution is 6.90. The van der Waals surface area contributed by atoms with Crippen molar-refractivity contribution in [3.05, 3.63) is 30.1 Å². The Morgan fingerprint density at radius 1 is 1.00 bits per heavy atom. The molecule has 1 heterocycles. The van der Waals surface area contributed by atoms with Gasteiger partial charge in [-0.05, 0) is 34.7 Å². The van der Waals surface area contributed by atoms with Crippen LogP contribution in [0.2, 0.25) is 16.6 Å². The highest BCUT2D eigenvalue weighted by Crippen LogP contribution is 2.41. The van der Waals surface area contributed by atoms with E-state index in [2.05, 4.69) is 58.0 Å². The molecule has 0 fully saturated rings. The highest BCUT2D eigenvalue weighted by atomic mass is 28.3. The number of aromatic nitrogens is 1. The fourth-order valence-corrected chi connectivity index (χ4v) is 8.47. The topological polar surface area (TPSA) is 12.9 Å². The van der Waals surface area contributed by atoms with Crippen molar-refractivity contribution < 1.29 is 8.78 Å². The lowest BCUT2D eigenvalue weighted by molar-refractivity contribution is 0.0590. The lowest BCUT2D eigenvalue weighted by Gasteiger charge is -2.38. The van der Waals surface area contributed by atoms with E-state index in [1.54, 1.807) is 12.1 Å². The zero-order chi connectivity index (χ0) is 16.3. The van der Waals surface area contributed by atoms with Crippen LogP contribution in [-0.4, -0.2) is 13.1 Å². The van der Waals surface area contributed by atoms with Crippen LogP contribution in [0.25, 0.3) is 0 Å². The molecule has 1 nitrogen and oxygen atoms in total. The number of hydrogen-bond acceptors (Lipinski definition) is 1. The van der Waals surface area contributed by atoms with E-state index in [1.807, 2.05) is 0 Å². The molecule has 0 aliphatic rings. The molecule has 116 valence electrons. The van der Waals surface area contributed by atoms with E-state index in [0.29, 0.717) is 16.6 Å². The molecule has 0 saturated carbocycles. The molecule has 0 amide bonds. The van der Waals surface area contributed by atoms with Gasteiger partial charge in [0.25, 0.3) is 0 Å². The molecule has 1 aromatic rings. The van der Waals surface area contributed by atoms with E-state index >= 15 is 0 Å². The standard InChI is InChI=1S/C17H25F2NSi/c1-13(2)21(14(3)4,15(5)6)12-10-17(18,19)16-9-7-8-11-20-16/h7-9,11,13-15H,1-6H3. The lowest BCUT2D eigenvalue weighted by Crippen LogP contribution is -2.43. The molecule has 4 heteroatoms. The summed E-state index contributed by atoms with van der Waals surface area (Å²) in [4.78, 5) is 3.75. The summed E-state index contributed by atoms with van der Waals surface area (Å²) in [7, 11) is -2.14. The zero-order valence-electron chi connectivity index (χ0n) is 13.7. The summed E-state index contributed by atoms with van der Waals surface area (Å²) in [5.74, 6) is -0.906. The van der Waals surface area contributed by atoms with Gasteiger partial charge in [-0.15, -0.1) is 5.54 Å². The molecule has 0 aliphatic heterocycles. The Kier molecular flexibility index (Phi) is 5.69. The summed E-state index contributed by atoms with van der Waals surface area (Å²) in [5, 5.41) is 0. The first-order chi connectivity index (χ1) is 9.64. The minimum atomic E-state index is -3.18. The summed E-state index contributed by atoms with van der Waals surface area (Å²) in [5.41, 5.74) is 3.81. The molecular weight excluding hydrogens is 284 g/mol. The quantitative estimate of drug-likeness (QED) is 0.536. The maximum absolute atomic E-state index is 14.3. The van der Waals surface area contributed by atoms with Crippen molar-refractivity contribution in [2.24, 2.45) is 0 Å². The van der Waals surface area contributed by atoms with Crippen molar-refractivity contribution in [2.75, 3.05) is 0 Å². The molecule has 1 rings (SSSR count). The average molecular weight is 309 g/mol. The average Bonchev–Trinajstić information content (AvgIpc) is 2.39. The summed E-state index contributed by atoms with van der Waals surface area (Å²) in [6, 6.07) is 4.52. The van der Waals surface area contributed by atoms with Gasteiger partial charge in [0.2, 0.25) is 0 Å². The third-order valence-corrected chi connectivity index (χ3v) is 10.6. The highest BCUT2D eigenvalue weighted by Gasteiger charge is 2.43. The predicted molar refractivity (Wildman–Crippen MR) is 87.0 cm³/mol. The third-order valence-electron chi connectivity index (χ3n) is 4.29. The van der Waals surface area contributed by atoms with Gasteiger partial charge in [0.1, 0.15) is 13.8 Å². The Morgan fingerprint density at radius 2 is 1.52 bits per heavy atom. The van der Waals surface area contributed by atoms with Gasteiger partial charge >= 0.3 is 5.92 Å². The first-order valence-corrected chi connectivity index (χ1v) is 9.71. The predicted octanol–water partition coefficient (Wildman–Crippen LogP) is 5.39. The van der Waals surface area contributed by atoms with Crippen LogP contribution >= 0.6 is 0 Å². The minimum Gasteiger partial charge on any atom is -0.254 e. The summed E-state index contributed by atoms with van der Waals surface area (Å²) < 4.78 is 28.5. The SMILES string of the molecule is CC(C)[Si](C#CC(F)(F)c1ccccn1)(C(C)C)C(C)C. The van der Waals surface area contributed by atoms with Gasteiger partial charge in [-0.2, -0.15) is 8.78 Å². The molecule has 0 unspecified atom stereocenters. The van der Waals surface area contributed by atoms with Crippen LogP contribution in [0.3, 0.4) is 0 Å². The molecule has 0 N–H and O–H groups in total. The van der Waals surface area contributed by atoms with Crippen molar-refractivity contribution >= 4 is 8.07 Å². The number of pyridine rings is 1. The summed E-state index contributed by atoms with van der Waals surface area (Å²) >= 11 is 0. The van der Waals surface area contributed by atoms with Crippen molar-refractivity contribution in [1.82, 2.24) is 4.98 Å². The molecule has 21 heavy (non-hydrogen) atoms. The molecular formula is C17H25F2NSi. The number of alkyl halides is 2. The fourth-order valence-electron chi connectivity index (χ4n) is 3.23. The maximum atomic E-state index is 14.3. The molecule has 0 atom stereocenters. The van der Waals surface area contributed by atoms with Crippen LogP contribution in [0.15, 0.2) is 24.4 Å². The lowest BCUT2D eigenvalue weighted by atomic mass is 10.2. The van der Waals surface area contributed by atoms with Gasteiger partial charge < -0.3 is 0 Å². The maximum Gasteiger partial charge on any atom is 0.349 e. The zero-order valence-corrected chi connectivity index (χ0v) is 14.7. The first-order valence-electron chi connectivity index (χ1n) is 7.48. The van der Waals surface area contributed by atoms with Gasteiger partial charge in [0.05, 0.1) is 0 Å². The van der Waals surface area contributed by atoms with Crippen LogP contribution in [0.1, 0.15) is 47.2 Å². The van der Waals surface area contributed by atoms with Crippen LogP contribution in [-0.2, 0) is 5.92 Å². The van der Waals surface area contributed by atoms with E-state index in [0.717, 1.165) is 0 Å². The van der Waals surface area contributed by atoms with Gasteiger partial charge in [-0.1, -0.05) is 47.6 Å². The largest absolute Gasteiger partial charge is 0.349 e. The van der Waals surface area contributed by atoms with E-state index in [4.69, 9.17) is 0 Å². The van der Waals surface area contributed by atoms with E-state index in [9.17, 15) is 8.78 Å². The monoisotopic (exact) mass is 309 g/mol. The van der Waals surface area contributed by atoms with E-state index < -0.39 is 14.0 Å². The Bertz CT molecular complexity index is 491. The van der Waals surface area contributed by atoms with Gasteiger partial charge in [0, 0.05) is 6.20 Å². The van der Waals surface area contributed by atoms with Crippen LogP contribution in [0.4, 0.5) is 8.78 Å². The third kappa shape index (κ3) is 3.71. The summed E-state index contributed by atoms with van der Waals surface area (Å²) in [6.45, 7) is 12.7. The molecule has 0 saturated heterocycles. The molecule has 0 aromatic carbocycles. The normalized spacial score (nSPS) is 12.7. The molecule has 1 aromatic heterocycles. The van der Waals surface area contributed by atoms with Crippen molar-refractivity contribution in [3.8, 4) is 11.5 Å². The molecule has 0 aliphatic carbocycles. The second-order valence-corrected chi connectivity index (χ2v) is 12.0. The Hall–Kier alpha value is -1.21. The number of halogens is 2. The fraction of sp³-hybridized carbons (Fsp3) is 0.588. The minimum absolute atomic E-state index is 0.267. The van der Waals surface area contributed by atoms with Gasteiger partial charge in [0.15, 0.2) is 0 Å². The van der Waals surface area contributed by atoms with E-state index in [-0.39, 0.29) is 5.69 Å². The second-order valence-electron chi connectivity index (χ2n) is 6.44. The molecule has 0 spiro atoms. The van der Waals surface area contributed by atoms with Crippen molar-refractivity contribution in [3.63, 3.8) is 0 Å². The number of nitrogens with zero attached hydrogens (tertiary/aromatic N) is 1. The van der Waals surface area contributed by atoms with Crippen LogP contribution in [0.5, 0.6) is 0 Å². The molecule has 0 bridgehead atoms. The van der Waals surface area contributed by atoms with Crippen LogP contribution < -0.4 is 0 Å². The Morgan fingerprint density at radius 3 is 1.90 bits per heavy atom. The Balaban J connectivity index is 3.28. The summed E-state index contributed by atoms with van der Waals surface area (Å²) in [6.07, 6.45) is 1.38. The van der Waals surface area contributed by atoms with Crippen molar-refractivity contribution in [2.45, 2.75) is 64.1 Å². The van der Waals surface area contributed by atoms with Gasteiger partial charge in [-0.3, -0.25) is 4.98 Å². The second kappa shape index (κ2) is 6.70. The van der Waals surface area contributed by atoms with Crippen LogP contribution in [0, 0.1) is 11.5 Å². The van der Waals surface area contributed by atoms with Crippen molar-refractivity contribution in [1.29, 1.82) is 0 Å². The number of rotatable bonds is 4.